The number of aldehydes is 1. The van der Waals surface area contributed by atoms with E-state index in [-0.39, 0.29) is 0 Å². The second kappa shape index (κ2) is 7.67. The number of hydrogen-bond donors (Lipinski definition) is 1. The Morgan fingerprint density at radius 3 is 2.82 bits per heavy atom. The molecule has 0 saturated carbocycles. The second-order valence-electron chi connectivity index (χ2n) is 6.02. The van der Waals surface area contributed by atoms with Gasteiger partial charge in [0.25, 0.3) is 0 Å². The van der Waals surface area contributed by atoms with Crippen LogP contribution in [0.4, 0.5) is 0 Å². The summed E-state index contributed by atoms with van der Waals surface area (Å²) in [6.45, 7) is 0.477. The molecule has 0 fully saturated rings. The summed E-state index contributed by atoms with van der Waals surface area (Å²) in [5.74, 6) is 2.45. The Labute approximate surface area is 161 Å². The Bertz CT molecular complexity index is 951. The van der Waals surface area contributed by atoms with Crippen molar-refractivity contribution in [3.05, 3.63) is 59.7 Å². The van der Waals surface area contributed by atoms with Gasteiger partial charge in [0.2, 0.25) is 0 Å². The normalized spacial score (nSPS) is 18.5. The van der Waals surface area contributed by atoms with E-state index in [0.717, 1.165) is 11.8 Å². The zero-order valence-electron chi connectivity index (χ0n) is 15.4. The summed E-state index contributed by atoms with van der Waals surface area (Å²) in [7, 11) is 3.20. The van der Waals surface area contributed by atoms with E-state index < -0.39 is 6.17 Å². The van der Waals surface area contributed by atoms with Gasteiger partial charge in [-0.15, -0.1) is 5.12 Å². The van der Waals surface area contributed by atoms with Crippen LogP contribution in [0.25, 0.3) is 0 Å². The first-order chi connectivity index (χ1) is 13.7. The SMILES string of the molecule is COc1ccc(CNN2C(c3ccco3)N=C3C(C=O)=CN=CN32)cc1OC. The number of carbonyl (C=O) groups is 1. The summed E-state index contributed by atoms with van der Waals surface area (Å²) in [4.78, 5) is 20.1. The Morgan fingerprint density at radius 1 is 1.25 bits per heavy atom. The Kier molecular flexibility index (Phi) is 4.92. The first kappa shape index (κ1) is 18.0. The van der Waals surface area contributed by atoms with Crippen molar-refractivity contribution in [1.29, 1.82) is 0 Å². The number of ether oxygens (including phenoxy) is 2. The number of hydrazine groups is 2. The predicted octanol–water partition coefficient (Wildman–Crippen LogP) is 2.06. The van der Waals surface area contributed by atoms with Gasteiger partial charge >= 0.3 is 0 Å². The van der Waals surface area contributed by atoms with Crippen molar-refractivity contribution in [3.8, 4) is 11.5 Å². The van der Waals surface area contributed by atoms with Crippen LogP contribution < -0.4 is 14.9 Å². The minimum Gasteiger partial charge on any atom is -0.493 e. The fraction of sp³-hybridized carbons (Fsp3) is 0.211. The first-order valence-electron chi connectivity index (χ1n) is 8.58. The van der Waals surface area contributed by atoms with Crippen LogP contribution in [-0.4, -0.2) is 42.8 Å². The van der Waals surface area contributed by atoms with Crippen molar-refractivity contribution < 1.29 is 18.7 Å². The summed E-state index contributed by atoms with van der Waals surface area (Å²) < 4.78 is 16.2. The van der Waals surface area contributed by atoms with Gasteiger partial charge in [-0.25, -0.2) is 20.4 Å². The van der Waals surface area contributed by atoms with Crippen LogP contribution >= 0.6 is 0 Å². The molecule has 2 aromatic rings. The van der Waals surface area contributed by atoms with Gasteiger partial charge in [0.15, 0.2) is 29.8 Å². The van der Waals surface area contributed by atoms with E-state index in [1.54, 1.807) is 43.0 Å². The highest BCUT2D eigenvalue weighted by atomic mass is 16.5. The van der Waals surface area contributed by atoms with E-state index >= 15 is 0 Å². The number of amidine groups is 1. The fourth-order valence-corrected chi connectivity index (χ4v) is 3.03. The van der Waals surface area contributed by atoms with Gasteiger partial charge in [-0.2, -0.15) is 0 Å². The molecule has 1 unspecified atom stereocenters. The van der Waals surface area contributed by atoms with Crippen LogP contribution in [0.5, 0.6) is 11.5 Å². The molecule has 2 aliphatic heterocycles. The van der Waals surface area contributed by atoms with Crippen LogP contribution in [0.3, 0.4) is 0 Å². The molecule has 28 heavy (non-hydrogen) atoms. The van der Waals surface area contributed by atoms with Crippen LogP contribution in [0.1, 0.15) is 17.5 Å². The Balaban J connectivity index is 1.58. The molecular formula is C19H19N5O4. The van der Waals surface area contributed by atoms with Gasteiger partial charge in [0.05, 0.1) is 26.1 Å². The number of rotatable bonds is 7. The summed E-state index contributed by atoms with van der Waals surface area (Å²) in [5.41, 5.74) is 4.70. The average molecular weight is 381 g/mol. The molecule has 0 aliphatic carbocycles. The van der Waals surface area contributed by atoms with Crippen LogP contribution in [-0.2, 0) is 11.3 Å². The maximum absolute atomic E-state index is 11.4. The third-order valence-corrected chi connectivity index (χ3v) is 4.39. The minimum absolute atomic E-state index is 0.398. The number of hydrogen-bond acceptors (Lipinski definition) is 9. The topological polar surface area (TPSA) is 91.9 Å². The lowest BCUT2D eigenvalue weighted by Gasteiger charge is -2.30. The third-order valence-electron chi connectivity index (χ3n) is 4.39. The molecule has 1 atom stereocenters. The molecule has 1 N–H and O–H groups in total. The van der Waals surface area contributed by atoms with Gasteiger partial charge in [-0.1, -0.05) is 6.07 Å². The van der Waals surface area contributed by atoms with Gasteiger partial charge in [0, 0.05) is 12.7 Å². The van der Waals surface area contributed by atoms with Crippen molar-refractivity contribution in [2.45, 2.75) is 12.7 Å². The lowest BCUT2D eigenvalue weighted by Crippen LogP contribution is -2.50. The Hall–Kier alpha value is -3.43. The van der Waals surface area contributed by atoms with Crippen molar-refractivity contribution in [2.75, 3.05) is 14.2 Å². The predicted molar refractivity (Wildman–Crippen MR) is 102 cm³/mol. The highest BCUT2D eigenvalue weighted by molar-refractivity contribution is 6.18. The molecule has 2 aliphatic rings. The molecule has 0 bridgehead atoms. The zero-order valence-corrected chi connectivity index (χ0v) is 15.4. The molecule has 1 aromatic carbocycles. The number of benzene rings is 1. The molecule has 0 radical (unpaired) electrons. The number of methoxy groups -OCH3 is 2. The number of aliphatic imine (C=N–C) groups is 2. The van der Waals surface area contributed by atoms with E-state index in [2.05, 4.69) is 15.4 Å². The van der Waals surface area contributed by atoms with Crippen molar-refractivity contribution in [2.24, 2.45) is 9.98 Å². The standard InChI is InChI=1S/C19H19N5O4/c1-26-15-6-5-13(8-17(15)27-2)9-21-24-19(16-4-3-7-28-16)22-18-14(11-25)10-20-12-23(18)24/h3-8,10-12,19,21H,9H2,1-2H3. The van der Waals surface area contributed by atoms with E-state index in [0.29, 0.717) is 35.2 Å². The van der Waals surface area contributed by atoms with E-state index in [1.807, 2.05) is 24.3 Å². The molecule has 4 rings (SSSR count). The maximum Gasteiger partial charge on any atom is 0.195 e. The van der Waals surface area contributed by atoms with Crippen LogP contribution in [0, 0.1) is 0 Å². The molecule has 1 aromatic heterocycles. The molecule has 0 spiro atoms. The second-order valence-corrected chi connectivity index (χ2v) is 6.02. The number of carbonyl (C=O) groups excluding carboxylic acids is 1. The molecule has 9 nitrogen and oxygen atoms in total. The lowest BCUT2D eigenvalue weighted by atomic mass is 10.2. The van der Waals surface area contributed by atoms with Crippen molar-refractivity contribution in [1.82, 2.24) is 15.6 Å². The van der Waals surface area contributed by atoms with Crippen LogP contribution in [0.2, 0.25) is 0 Å². The highest BCUT2D eigenvalue weighted by Crippen LogP contribution is 2.32. The zero-order chi connectivity index (χ0) is 19.5. The van der Waals surface area contributed by atoms with E-state index in [4.69, 9.17) is 13.9 Å². The number of furan rings is 1. The Morgan fingerprint density at radius 2 is 2.11 bits per heavy atom. The monoisotopic (exact) mass is 381 g/mol. The molecule has 0 saturated heterocycles. The lowest BCUT2D eigenvalue weighted by molar-refractivity contribution is -0.104. The van der Waals surface area contributed by atoms with E-state index in [9.17, 15) is 4.79 Å². The molecule has 144 valence electrons. The fourth-order valence-electron chi connectivity index (χ4n) is 3.03. The molecular weight excluding hydrogens is 362 g/mol. The highest BCUT2D eigenvalue weighted by Gasteiger charge is 2.38. The summed E-state index contributed by atoms with van der Waals surface area (Å²) in [6.07, 6.45) is 4.93. The van der Waals surface area contributed by atoms with Gasteiger partial charge in [0.1, 0.15) is 12.1 Å². The summed E-state index contributed by atoms with van der Waals surface area (Å²) >= 11 is 0. The molecule has 9 heteroatoms. The quantitative estimate of drug-likeness (QED) is 0.734. The number of fused-ring (bicyclic) bond motifs is 1. The first-order valence-corrected chi connectivity index (χ1v) is 8.58. The van der Waals surface area contributed by atoms with Gasteiger partial charge in [-0.05, 0) is 29.8 Å². The summed E-state index contributed by atoms with van der Waals surface area (Å²) in [6, 6.07) is 9.31. The van der Waals surface area contributed by atoms with Gasteiger partial charge in [-0.3, -0.25) is 4.79 Å². The van der Waals surface area contributed by atoms with Gasteiger partial charge < -0.3 is 13.9 Å². The number of nitrogens with one attached hydrogen (secondary N) is 1. The maximum atomic E-state index is 11.4. The van der Waals surface area contributed by atoms with Crippen molar-refractivity contribution >= 4 is 18.5 Å². The van der Waals surface area contributed by atoms with Crippen molar-refractivity contribution in [3.63, 3.8) is 0 Å². The summed E-state index contributed by atoms with van der Waals surface area (Å²) in [5, 5.41) is 3.46. The number of nitrogens with zero attached hydrogens (tertiary/aromatic N) is 4. The smallest absolute Gasteiger partial charge is 0.195 e. The van der Waals surface area contributed by atoms with Crippen LogP contribution in [0.15, 0.2) is 62.8 Å². The molecule has 3 heterocycles. The van der Waals surface area contributed by atoms with E-state index in [1.165, 1.54) is 6.20 Å². The third kappa shape index (κ3) is 3.17. The minimum atomic E-state index is -0.474. The largest absolute Gasteiger partial charge is 0.493 e. The molecule has 0 amide bonds. The average Bonchev–Trinajstić information content (AvgIpc) is 3.39.